The molecule has 1 aliphatic rings. The lowest BCUT2D eigenvalue weighted by atomic mass is 9.81. The summed E-state index contributed by atoms with van der Waals surface area (Å²) in [5, 5.41) is 0. The Kier molecular flexibility index (Phi) is 5.50. The summed E-state index contributed by atoms with van der Waals surface area (Å²) >= 11 is 0. The highest BCUT2D eigenvalue weighted by atomic mass is 19.1. The van der Waals surface area contributed by atoms with E-state index >= 15 is 0 Å². The molecule has 0 heterocycles. The maximum Gasteiger partial charge on any atom is 0.123 e. The normalized spacial score (nSPS) is 19.0. The second-order valence-electron chi connectivity index (χ2n) is 7.20. The summed E-state index contributed by atoms with van der Waals surface area (Å²) in [5.74, 6) is 1.52. The maximum atomic E-state index is 13.0. The van der Waals surface area contributed by atoms with Gasteiger partial charge in [-0.05, 0) is 71.9 Å². The summed E-state index contributed by atoms with van der Waals surface area (Å²) in [5.41, 5.74) is 5.03. The van der Waals surface area contributed by atoms with Gasteiger partial charge in [-0.2, -0.15) is 0 Å². The predicted molar refractivity (Wildman–Crippen MR) is 101 cm³/mol. The lowest BCUT2D eigenvalue weighted by molar-refractivity contribution is 0.362. The molecule has 1 aliphatic carbocycles. The zero-order valence-electron chi connectivity index (χ0n) is 14.8. The molecule has 0 fully saturated rings. The van der Waals surface area contributed by atoms with Crippen molar-refractivity contribution in [2.24, 2.45) is 11.8 Å². The van der Waals surface area contributed by atoms with Crippen LogP contribution < -0.4 is 0 Å². The van der Waals surface area contributed by atoms with E-state index in [-0.39, 0.29) is 5.82 Å². The molecule has 0 nitrogen and oxygen atoms in total. The summed E-state index contributed by atoms with van der Waals surface area (Å²) in [6, 6.07) is 15.4. The first-order valence-corrected chi connectivity index (χ1v) is 9.21. The molecule has 0 aliphatic heterocycles. The quantitative estimate of drug-likeness (QED) is 0.550. The minimum absolute atomic E-state index is 0.185. The Hall–Kier alpha value is -1.89. The van der Waals surface area contributed by atoms with Gasteiger partial charge >= 0.3 is 0 Å². The van der Waals surface area contributed by atoms with Crippen LogP contribution in [0.5, 0.6) is 0 Å². The monoisotopic (exact) mass is 322 g/mol. The molecule has 126 valence electrons. The van der Waals surface area contributed by atoms with Crippen molar-refractivity contribution in [3.8, 4) is 11.1 Å². The highest BCUT2D eigenvalue weighted by Gasteiger charge is 2.17. The minimum atomic E-state index is -0.185. The van der Waals surface area contributed by atoms with Crippen molar-refractivity contribution < 1.29 is 4.39 Å². The van der Waals surface area contributed by atoms with E-state index in [1.807, 2.05) is 12.1 Å². The van der Waals surface area contributed by atoms with E-state index in [1.54, 1.807) is 0 Å². The summed E-state index contributed by atoms with van der Waals surface area (Å²) in [6.07, 6.45) is 8.83. The molecule has 3 rings (SSSR count). The smallest absolute Gasteiger partial charge is 0.123 e. The molecule has 2 unspecified atom stereocenters. The standard InChI is InChI=1S/C23H27F/c1-3-17(2)16-18-4-6-19(7-5-18)20-8-10-21(11-9-20)22-12-14-23(24)15-13-22/h6,8-15,17-18H,3-5,7,16H2,1-2H3. The van der Waals surface area contributed by atoms with E-state index in [2.05, 4.69) is 44.2 Å². The molecule has 2 aromatic rings. The van der Waals surface area contributed by atoms with Gasteiger partial charge < -0.3 is 0 Å². The van der Waals surface area contributed by atoms with Gasteiger partial charge in [-0.3, -0.25) is 0 Å². The first-order valence-electron chi connectivity index (χ1n) is 9.21. The summed E-state index contributed by atoms with van der Waals surface area (Å²) in [6.45, 7) is 4.66. The molecule has 0 radical (unpaired) electrons. The second-order valence-corrected chi connectivity index (χ2v) is 7.20. The number of allylic oxidation sites excluding steroid dienone is 2. The molecular weight excluding hydrogens is 295 g/mol. The number of hydrogen-bond donors (Lipinski definition) is 0. The van der Waals surface area contributed by atoms with Crippen molar-refractivity contribution in [1.29, 1.82) is 0 Å². The predicted octanol–water partition coefficient (Wildman–Crippen LogP) is 7.11. The number of hydrogen-bond acceptors (Lipinski definition) is 0. The summed E-state index contributed by atoms with van der Waals surface area (Å²) in [4.78, 5) is 0. The van der Waals surface area contributed by atoms with Crippen LogP contribution in [-0.2, 0) is 0 Å². The lowest BCUT2D eigenvalue weighted by Gasteiger charge is -2.24. The molecule has 0 aromatic heterocycles. The van der Waals surface area contributed by atoms with Crippen LogP contribution >= 0.6 is 0 Å². The second kappa shape index (κ2) is 7.79. The Labute approximate surface area is 145 Å². The van der Waals surface area contributed by atoms with Crippen LogP contribution in [0.15, 0.2) is 54.6 Å². The molecule has 24 heavy (non-hydrogen) atoms. The highest BCUT2D eigenvalue weighted by molar-refractivity contribution is 5.70. The molecular formula is C23H27F. The summed E-state index contributed by atoms with van der Waals surface area (Å²) < 4.78 is 13.0. The van der Waals surface area contributed by atoms with Crippen molar-refractivity contribution in [3.05, 3.63) is 66.0 Å². The van der Waals surface area contributed by atoms with Crippen LogP contribution in [0.2, 0.25) is 0 Å². The van der Waals surface area contributed by atoms with E-state index < -0.39 is 0 Å². The van der Waals surface area contributed by atoms with Crippen molar-refractivity contribution >= 4 is 5.57 Å². The van der Waals surface area contributed by atoms with Crippen LogP contribution in [0, 0.1) is 17.7 Å². The Bertz CT molecular complexity index is 679. The first-order chi connectivity index (χ1) is 11.7. The molecule has 2 atom stereocenters. The molecule has 0 bridgehead atoms. The van der Waals surface area contributed by atoms with Crippen molar-refractivity contribution in [3.63, 3.8) is 0 Å². The fourth-order valence-corrected chi connectivity index (χ4v) is 3.62. The molecule has 0 saturated heterocycles. The van der Waals surface area contributed by atoms with Gasteiger partial charge in [0.2, 0.25) is 0 Å². The van der Waals surface area contributed by atoms with Gasteiger partial charge in [-0.1, -0.05) is 62.7 Å². The Morgan fingerprint density at radius 2 is 1.54 bits per heavy atom. The topological polar surface area (TPSA) is 0 Å². The van der Waals surface area contributed by atoms with Crippen molar-refractivity contribution in [2.45, 2.75) is 46.0 Å². The van der Waals surface area contributed by atoms with Gasteiger partial charge in [0.25, 0.3) is 0 Å². The highest BCUT2D eigenvalue weighted by Crippen LogP contribution is 2.34. The SMILES string of the molecule is CCC(C)CC1CC=C(c2ccc(-c3ccc(F)cc3)cc2)CC1. The minimum Gasteiger partial charge on any atom is -0.207 e. The molecule has 0 spiro atoms. The fourth-order valence-electron chi connectivity index (χ4n) is 3.62. The van der Waals surface area contributed by atoms with Crippen LogP contribution in [-0.4, -0.2) is 0 Å². The Morgan fingerprint density at radius 3 is 2.08 bits per heavy atom. The molecule has 2 aromatic carbocycles. The van der Waals surface area contributed by atoms with Crippen LogP contribution in [0.1, 0.15) is 51.5 Å². The average molecular weight is 322 g/mol. The van der Waals surface area contributed by atoms with Gasteiger partial charge in [-0.25, -0.2) is 4.39 Å². The third-order valence-electron chi connectivity index (χ3n) is 5.39. The Balaban J connectivity index is 1.67. The van der Waals surface area contributed by atoms with Gasteiger partial charge in [0.15, 0.2) is 0 Å². The number of rotatable bonds is 5. The van der Waals surface area contributed by atoms with E-state index in [4.69, 9.17) is 0 Å². The van der Waals surface area contributed by atoms with E-state index in [9.17, 15) is 4.39 Å². The maximum absolute atomic E-state index is 13.0. The van der Waals surface area contributed by atoms with E-state index in [0.29, 0.717) is 0 Å². The van der Waals surface area contributed by atoms with Crippen LogP contribution in [0.25, 0.3) is 16.7 Å². The first kappa shape index (κ1) is 17.0. The van der Waals surface area contributed by atoms with Gasteiger partial charge in [-0.15, -0.1) is 0 Å². The average Bonchev–Trinajstić information content (AvgIpc) is 2.63. The fraction of sp³-hybridized carbons (Fsp3) is 0.391. The number of benzene rings is 2. The van der Waals surface area contributed by atoms with Crippen molar-refractivity contribution in [2.75, 3.05) is 0 Å². The van der Waals surface area contributed by atoms with Gasteiger partial charge in [0, 0.05) is 0 Å². The van der Waals surface area contributed by atoms with E-state index in [0.717, 1.165) is 23.0 Å². The summed E-state index contributed by atoms with van der Waals surface area (Å²) in [7, 11) is 0. The third kappa shape index (κ3) is 4.14. The third-order valence-corrected chi connectivity index (χ3v) is 5.39. The molecule has 0 saturated carbocycles. The zero-order valence-corrected chi connectivity index (χ0v) is 14.8. The molecule has 0 N–H and O–H groups in total. The molecule has 1 heteroatoms. The Morgan fingerprint density at radius 1 is 0.958 bits per heavy atom. The van der Waals surface area contributed by atoms with Crippen molar-refractivity contribution in [1.82, 2.24) is 0 Å². The van der Waals surface area contributed by atoms with Gasteiger partial charge in [0.05, 0.1) is 0 Å². The lowest BCUT2D eigenvalue weighted by Crippen LogP contribution is -2.09. The zero-order chi connectivity index (χ0) is 16.9. The van der Waals surface area contributed by atoms with E-state index in [1.165, 1.54) is 55.4 Å². The number of halogens is 1. The van der Waals surface area contributed by atoms with Crippen LogP contribution in [0.4, 0.5) is 4.39 Å². The largest absolute Gasteiger partial charge is 0.207 e. The van der Waals surface area contributed by atoms with Crippen LogP contribution in [0.3, 0.4) is 0 Å². The molecule has 0 amide bonds. The van der Waals surface area contributed by atoms with Gasteiger partial charge in [0.1, 0.15) is 5.82 Å².